The van der Waals surface area contributed by atoms with Crippen molar-refractivity contribution >= 4 is 23.2 Å². The van der Waals surface area contributed by atoms with Gasteiger partial charge in [0.15, 0.2) is 0 Å². The molecule has 0 saturated carbocycles. The summed E-state index contributed by atoms with van der Waals surface area (Å²) in [7, 11) is 0. The molecule has 1 aliphatic heterocycles. The number of hydrogen-bond donors (Lipinski definition) is 1. The van der Waals surface area contributed by atoms with Crippen molar-refractivity contribution in [2.24, 2.45) is 5.10 Å². The van der Waals surface area contributed by atoms with Gasteiger partial charge in [0.05, 0.1) is 12.3 Å². The van der Waals surface area contributed by atoms with Gasteiger partial charge in [0.25, 0.3) is 0 Å². The van der Waals surface area contributed by atoms with E-state index in [4.69, 9.17) is 4.74 Å². The van der Waals surface area contributed by atoms with E-state index < -0.39 is 0 Å². The molecule has 6 nitrogen and oxygen atoms in total. The number of amides is 2. The van der Waals surface area contributed by atoms with Gasteiger partial charge >= 0.3 is 0 Å². The predicted molar refractivity (Wildman–Crippen MR) is 120 cm³/mol. The third-order valence-electron chi connectivity index (χ3n) is 4.86. The van der Waals surface area contributed by atoms with E-state index >= 15 is 0 Å². The first-order valence-electron chi connectivity index (χ1n) is 10.2. The van der Waals surface area contributed by atoms with Gasteiger partial charge in [0, 0.05) is 31.0 Å². The van der Waals surface area contributed by atoms with Crippen LogP contribution < -0.4 is 10.1 Å². The molecule has 2 amide bonds. The van der Waals surface area contributed by atoms with Crippen LogP contribution in [0, 0.1) is 0 Å². The summed E-state index contributed by atoms with van der Waals surface area (Å²) in [5.74, 6) is 0.969. The molecule has 6 heteroatoms. The minimum absolute atomic E-state index is 0.0926. The first-order valence-corrected chi connectivity index (χ1v) is 10.2. The SMILES string of the molecule is O=C(CCC(=O)N1CCC(c2ccccc2)=N1)Nc1cccc(Oc2ccccc2)c1. The Labute approximate surface area is 181 Å². The standard InChI is InChI=1S/C25H23N3O3/c29-24(26-20-10-7-13-22(18-20)31-21-11-5-2-6-12-21)14-15-25(30)28-17-16-23(27-28)19-8-3-1-4-9-19/h1-13,18H,14-17H2,(H,26,29). The lowest BCUT2D eigenvalue weighted by Crippen LogP contribution is -2.24. The molecule has 0 radical (unpaired) electrons. The fourth-order valence-electron chi connectivity index (χ4n) is 3.31. The molecule has 0 atom stereocenters. The summed E-state index contributed by atoms with van der Waals surface area (Å²) in [6, 6.07) is 26.4. The maximum absolute atomic E-state index is 12.5. The van der Waals surface area contributed by atoms with E-state index in [2.05, 4.69) is 10.4 Å². The van der Waals surface area contributed by atoms with Gasteiger partial charge in [-0.2, -0.15) is 5.10 Å². The molecule has 1 N–H and O–H groups in total. The smallest absolute Gasteiger partial charge is 0.243 e. The number of rotatable bonds is 7. The third-order valence-corrected chi connectivity index (χ3v) is 4.86. The molecule has 3 aromatic rings. The third kappa shape index (κ3) is 5.57. The van der Waals surface area contributed by atoms with E-state index in [1.54, 1.807) is 12.1 Å². The summed E-state index contributed by atoms with van der Waals surface area (Å²) in [6.45, 7) is 0.545. The maximum Gasteiger partial charge on any atom is 0.243 e. The zero-order valence-corrected chi connectivity index (χ0v) is 17.0. The van der Waals surface area contributed by atoms with Crippen LogP contribution in [0.5, 0.6) is 11.5 Å². The summed E-state index contributed by atoms with van der Waals surface area (Å²) in [6.07, 6.45) is 0.920. The number of hydrazone groups is 1. The number of hydrogen-bond acceptors (Lipinski definition) is 4. The van der Waals surface area contributed by atoms with E-state index in [1.165, 1.54) is 5.01 Å². The zero-order chi connectivity index (χ0) is 21.5. The summed E-state index contributed by atoms with van der Waals surface area (Å²) < 4.78 is 5.79. The highest BCUT2D eigenvalue weighted by atomic mass is 16.5. The lowest BCUT2D eigenvalue weighted by Gasteiger charge is -2.12. The van der Waals surface area contributed by atoms with Crippen molar-refractivity contribution in [1.82, 2.24) is 5.01 Å². The van der Waals surface area contributed by atoms with Crippen LogP contribution in [0.4, 0.5) is 5.69 Å². The Morgan fingerprint density at radius 3 is 2.35 bits per heavy atom. The Morgan fingerprint density at radius 1 is 0.871 bits per heavy atom. The number of carbonyl (C=O) groups excluding carboxylic acids is 2. The van der Waals surface area contributed by atoms with Gasteiger partial charge in [0.1, 0.15) is 11.5 Å². The fourth-order valence-corrected chi connectivity index (χ4v) is 3.31. The van der Waals surface area contributed by atoms with Crippen LogP contribution >= 0.6 is 0 Å². The minimum atomic E-state index is -0.225. The van der Waals surface area contributed by atoms with Crippen molar-refractivity contribution in [3.8, 4) is 11.5 Å². The molecule has 0 saturated heterocycles. The van der Waals surface area contributed by atoms with Crippen molar-refractivity contribution < 1.29 is 14.3 Å². The number of para-hydroxylation sites is 1. The second kappa shape index (κ2) is 9.71. The minimum Gasteiger partial charge on any atom is -0.457 e. The van der Waals surface area contributed by atoms with Gasteiger partial charge in [-0.25, -0.2) is 5.01 Å². The van der Waals surface area contributed by atoms with Crippen molar-refractivity contribution in [2.45, 2.75) is 19.3 Å². The number of benzene rings is 3. The van der Waals surface area contributed by atoms with Crippen LogP contribution in [0.15, 0.2) is 90.0 Å². The van der Waals surface area contributed by atoms with Gasteiger partial charge in [-0.15, -0.1) is 0 Å². The van der Waals surface area contributed by atoms with Crippen LogP contribution in [-0.2, 0) is 9.59 Å². The molecular weight excluding hydrogens is 390 g/mol. The van der Waals surface area contributed by atoms with Gasteiger partial charge in [-0.05, 0) is 29.8 Å². The lowest BCUT2D eigenvalue weighted by molar-refractivity contribution is -0.132. The average molecular weight is 413 g/mol. The second-order valence-corrected chi connectivity index (χ2v) is 7.17. The van der Waals surface area contributed by atoms with E-state index in [1.807, 2.05) is 72.8 Å². The number of carbonyl (C=O) groups is 2. The Bertz CT molecular complexity index is 1080. The Morgan fingerprint density at radius 2 is 1.58 bits per heavy atom. The molecular formula is C25H23N3O3. The highest BCUT2D eigenvalue weighted by Gasteiger charge is 2.21. The molecule has 1 aliphatic rings. The van der Waals surface area contributed by atoms with Crippen molar-refractivity contribution in [2.75, 3.05) is 11.9 Å². The molecule has 0 spiro atoms. The Hall–Kier alpha value is -3.93. The second-order valence-electron chi connectivity index (χ2n) is 7.17. The highest BCUT2D eigenvalue weighted by Crippen LogP contribution is 2.24. The largest absolute Gasteiger partial charge is 0.457 e. The van der Waals surface area contributed by atoms with E-state index in [-0.39, 0.29) is 24.7 Å². The first kappa shape index (κ1) is 20.3. The van der Waals surface area contributed by atoms with Crippen molar-refractivity contribution in [3.05, 3.63) is 90.5 Å². The number of ether oxygens (including phenoxy) is 1. The predicted octanol–water partition coefficient (Wildman–Crippen LogP) is 4.83. The van der Waals surface area contributed by atoms with Crippen LogP contribution in [0.1, 0.15) is 24.8 Å². The molecule has 1 heterocycles. The van der Waals surface area contributed by atoms with Gasteiger partial charge in [0.2, 0.25) is 11.8 Å². The van der Waals surface area contributed by atoms with E-state index in [0.717, 1.165) is 23.4 Å². The number of nitrogens with zero attached hydrogens (tertiary/aromatic N) is 2. The van der Waals surface area contributed by atoms with E-state index in [0.29, 0.717) is 18.0 Å². The molecule has 31 heavy (non-hydrogen) atoms. The molecule has 156 valence electrons. The Balaban J connectivity index is 1.28. The zero-order valence-electron chi connectivity index (χ0n) is 17.0. The summed E-state index contributed by atoms with van der Waals surface area (Å²) in [5, 5.41) is 8.71. The summed E-state index contributed by atoms with van der Waals surface area (Å²) >= 11 is 0. The number of nitrogens with one attached hydrogen (secondary N) is 1. The Kier molecular flexibility index (Phi) is 6.38. The van der Waals surface area contributed by atoms with Crippen LogP contribution in [0.3, 0.4) is 0 Å². The summed E-state index contributed by atoms with van der Waals surface area (Å²) in [4.78, 5) is 24.8. The number of anilines is 1. The van der Waals surface area contributed by atoms with Gasteiger partial charge in [-0.1, -0.05) is 54.6 Å². The molecule has 0 aromatic heterocycles. The van der Waals surface area contributed by atoms with Crippen molar-refractivity contribution in [1.29, 1.82) is 0 Å². The monoisotopic (exact) mass is 413 g/mol. The maximum atomic E-state index is 12.5. The fraction of sp³-hybridized carbons (Fsp3) is 0.160. The molecule has 0 bridgehead atoms. The average Bonchev–Trinajstić information content (AvgIpc) is 3.30. The van der Waals surface area contributed by atoms with Gasteiger partial charge < -0.3 is 10.1 Å². The molecule has 4 rings (SSSR count). The van der Waals surface area contributed by atoms with Gasteiger partial charge in [-0.3, -0.25) is 9.59 Å². The lowest BCUT2D eigenvalue weighted by atomic mass is 10.1. The van der Waals surface area contributed by atoms with Crippen LogP contribution in [-0.4, -0.2) is 29.1 Å². The molecule has 0 aliphatic carbocycles. The highest BCUT2D eigenvalue weighted by molar-refractivity contribution is 6.02. The topological polar surface area (TPSA) is 71.0 Å². The van der Waals surface area contributed by atoms with E-state index in [9.17, 15) is 9.59 Å². The molecule has 0 unspecified atom stereocenters. The van der Waals surface area contributed by atoms with Crippen LogP contribution in [0.25, 0.3) is 0 Å². The molecule has 3 aromatic carbocycles. The molecule has 0 fully saturated rings. The van der Waals surface area contributed by atoms with Crippen LogP contribution in [0.2, 0.25) is 0 Å². The summed E-state index contributed by atoms with van der Waals surface area (Å²) in [5.41, 5.74) is 2.54. The quantitative estimate of drug-likeness (QED) is 0.603. The van der Waals surface area contributed by atoms with Crippen molar-refractivity contribution in [3.63, 3.8) is 0 Å². The normalized spacial score (nSPS) is 12.9. The first-order chi connectivity index (χ1) is 15.2.